The zero-order valence-corrected chi connectivity index (χ0v) is 11.9. The normalized spacial score (nSPS) is 11.5. The van der Waals surface area contributed by atoms with Gasteiger partial charge >= 0.3 is 0 Å². The molecule has 0 radical (unpaired) electrons. The smallest absolute Gasteiger partial charge is 0.242 e. The summed E-state index contributed by atoms with van der Waals surface area (Å²) in [6.07, 6.45) is 0. The lowest BCUT2D eigenvalue weighted by atomic mass is 10.3. The van der Waals surface area contributed by atoms with E-state index in [1.165, 1.54) is 0 Å². The van der Waals surface area contributed by atoms with E-state index in [0.717, 1.165) is 5.69 Å². The van der Waals surface area contributed by atoms with Gasteiger partial charge in [0.25, 0.3) is 0 Å². The lowest BCUT2D eigenvalue weighted by Gasteiger charge is -2.16. The first-order valence-electron chi connectivity index (χ1n) is 6.02. The second kappa shape index (κ2) is 8.44. The van der Waals surface area contributed by atoms with E-state index in [9.17, 15) is 4.79 Å². The van der Waals surface area contributed by atoms with E-state index in [1.807, 2.05) is 30.3 Å². The van der Waals surface area contributed by atoms with Crippen LogP contribution in [0.1, 0.15) is 6.92 Å². The molecule has 19 heavy (non-hydrogen) atoms. The molecule has 0 spiro atoms. The maximum absolute atomic E-state index is 11.7. The highest BCUT2D eigenvalue weighted by atomic mass is 32.1. The second-order valence-electron chi connectivity index (χ2n) is 3.97. The third-order valence-electron chi connectivity index (χ3n) is 2.38. The Morgan fingerprint density at radius 1 is 1.37 bits per heavy atom. The number of para-hydroxylation sites is 1. The number of rotatable bonds is 6. The highest BCUT2D eigenvalue weighted by molar-refractivity contribution is 7.80. The third-order valence-corrected chi connectivity index (χ3v) is 2.60. The molecule has 0 aliphatic heterocycles. The van der Waals surface area contributed by atoms with E-state index >= 15 is 0 Å². The lowest BCUT2D eigenvalue weighted by Crippen LogP contribution is -2.46. The van der Waals surface area contributed by atoms with Gasteiger partial charge in [0, 0.05) is 19.3 Å². The molecule has 0 fully saturated rings. The van der Waals surface area contributed by atoms with Crippen molar-refractivity contribution in [2.24, 2.45) is 0 Å². The van der Waals surface area contributed by atoms with Gasteiger partial charge in [-0.05, 0) is 31.3 Å². The Labute approximate surface area is 118 Å². The van der Waals surface area contributed by atoms with Crippen LogP contribution in [0.15, 0.2) is 30.3 Å². The molecule has 0 aromatic heterocycles. The molecular formula is C13H19N3O2S. The van der Waals surface area contributed by atoms with Gasteiger partial charge in [0.15, 0.2) is 5.11 Å². The van der Waals surface area contributed by atoms with E-state index in [-0.39, 0.29) is 5.91 Å². The van der Waals surface area contributed by atoms with Crippen LogP contribution in [0.3, 0.4) is 0 Å². The minimum absolute atomic E-state index is 0.116. The van der Waals surface area contributed by atoms with Crippen LogP contribution in [0.2, 0.25) is 0 Å². The zero-order valence-electron chi connectivity index (χ0n) is 11.1. The van der Waals surface area contributed by atoms with Crippen molar-refractivity contribution in [2.45, 2.75) is 13.0 Å². The van der Waals surface area contributed by atoms with Crippen molar-refractivity contribution in [3.8, 4) is 0 Å². The Hall–Kier alpha value is -1.66. The third kappa shape index (κ3) is 6.17. The van der Waals surface area contributed by atoms with Gasteiger partial charge in [0.2, 0.25) is 5.91 Å². The van der Waals surface area contributed by atoms with E-state index in [2.05, 4.69) is 16.0 Å². The summed E-state index contributed by atoms with van der Waals surface area (Å²) in [6.45, 7) is 2.73. The van der Waals surface area contributed by atoms with Crippen LogP contribution in [0.5, 0.6) is 0 Å². The van der Waals surface area contributed by atoms with Crippen LogP contribution in [0, 0.1) is 0 Å². The Balaban J connectivity index is 2.33. The molecule has 0 aliphatic rings. The van der Waals surface area contributed by atoms with Crippen LogP contribution in [-0.4, -0.2) is 37.3 Å². The fourth-order valence-corrected chi connectivity index (χ4v) is 1.67. The number of thiocarbonyl (C=S) groups is 1. The van der Waals surface area contributed by atoms with Crippen molar-refractivity contribution in [1.29, 1.82) is 0 Å². The Morgan fingerprint density at radius 3 is 2.68 bits per heavy atom. The van der Waals surface area contributed by atoms with Gasteiger partial charge in [-0.1, -0.05) is 18.2 Å². The molecule has 104 valence electrons. The van der Waals surface area contributed by atoms with E-state index in [1.54, 1.807) is 14.0 Å². The first-order chi connectivity index (χ1) is 9.13. The number of hydrogen-bond acceptors (Lipinski definition) is 3. The molecule has 0 aliphatic carbocycles. The minimum atomic E-state index is -0.402. The van der Waals surface area contributed by atoms with Crippen molar-refractivity contribution < 1.29 is 9.53 Å². The number of methoxy groups -OCH3 is 1. The topological polar surface area (TPSA) is 62.4 Å². The highest BCUT2D eigenvalue weighted by Gasteiger charge is 2.12. The first kappa shape index (κ1) is 15.4. The number of benzene rings is 1. The number of anilines is 1. The van der Waals surface area contributed by atoms with Crippen molar-refractivity contribution >= 4 is 28.9 Å². The van der Waals surface area contributed by atoms with Gasteiger partial charge in [0.05, 0.1) is 6.61 Å². The van der Waals surface area contributed by atoms with Crippen LogP contribution < -0.4 is 16.0 Å². The average Bonchev–Trinajstić information content (AvgIpc) is 2.39. The summed E-state index contributed by atoms with van der Waals surface area (Å²) in [6, 6.07) is 9.14. The first-order valence-corrected chi connectivity index (χ1v) is 6.43. The molecule has 1 amide bonds. The average molecular weight is 281 g/mol. The molecule has 0 bridgehead atoms. The molecule has 5 nitrogen and oxygen atoms in total. The molecule has 3 N–H and O–H groups in total. The fourth-order valence-electron chi connectivity index (χ4n) is 1.38. The van der Waals surface area contributed by atoms with E-state index in [4.69, 9.17) is 17.0 Å². The molecule has 1 rings (SSSR count). The van der Waals surface area contributed by atoms with Gasteiger partial charge < -0.3 is 20.7 Å². The lowest BCUT2D eigenvalue weighted by molar-refractivity contribution is -0.122. The van der Waals surface area contributed by atoms with Gasteiger partial charge in [0.1, 0.15) is 6.04 Å². The molecule has 0 saturated heterocycles. The summed E-state index contributed by atoms with van der Waals surface area (Å²) < 4.78 is 4.86. The number of hydrogen-bond donors (Lipinski definition) is 3. The summed E-state index contributed by atoms with van der Waals surface area (Å²) in [5.41, 5.74) is 0.881. The Morgan fingerprint density at radius 2 is 2.05 bits per heavy atom. The molecule has 1 unspecified atom stereocenters. The molecule has 0 heterocycles. The Bertz CT molecular complexity index is 412. The zero-order chi connectivity index (χ0) is 14.1. The maximum atomic E-state index is 11.7. The second-order valence-corrected chi connectivity index (χ2v) is 4.38. The SMILES string of the molecule is COCCNC(=O)C(C)NC(=S)Nc1ccccc1. The molecule has 1 aromatic rings. The molecule has 1 atom stereocenters. The van der Waals surface area contributed by atoms with Crippen LogP contribution >= 0.6 is 12.2 Å². The van der Waals surface area contributed by atoms with Crippen LogP contribution in [0.25, 0.3) is 0 Å². The van der Waals surface area contributed by atoms with E-state index in [0.29, 0.717) is 18.3 Å². The van der Waals surface area contributed by atoms with Crippen molar-refractivity contribution in [2.75, 3.05) is 25.6 Å². The van der Waals surface area contributed by atoms with Gasteiger partial charge in [-0.15, -0.1) is 0 Å². The standard InChI is InChI=1S/C13H19N3O2S/c1-10(12(17)14-8-9-18-2)15-13(19)16-11-6-4-3-5-7-11/h3-7,10H,8-9H2,1-2H3,(H,14,17)(H2,15,16,19). The molecule has 1 aromatic carbocycles. The molecule has 0 saturated carbocycles. The Kier molecular flexibility index (Phi) is 6.84. The number of carbonyl (C=O) groups excluding carboxylic acids is 1. The van der Waals surface area contributed by atoms with Gasteiger partial charge in [-0.25, -0.2) is 0 Å². The molecular weight excluding hydrogens is 262 g/mol. The quantitative estimate of drug-likeness (QED) is 0.539. The van der Waals surface area contributed by atoms with E-state index < -0.39 is 6.04 Å². The summed E-state index contributed by atoms with van der Waals surface area (Å²) in [5.74, 6) is -0.116. The van der Waals surface area contributed by atoms with Crippen LogP contribution in [-0.2, 0) is 9.53 Å². The maximum Gasteiger partial charge on any atom is 0.242 e. The van der Waals surface area contributed by atoms with Crippen molar-refractivity contribution in [3.05, 3.63) is 30.3 Å². The minimum Gasteiger partial charge on any atom is -0.383 e. The number of amides is 1. The number of carbonyl (C=O) groups is 1. The summed E-state index contributed by atoms with van der Waals surface area (Å²) in [5, 5.41) is 9.09. The van der Waals surface area contributed by atoms with Crippen molar-refractivity contribution in [1.82, 2.24) is 10.6 Å². The monoisotopic (exact) mass is 281 g/mol. The van der Waals surface area contributed by atoms with Crippen LogP contribution in [0.4, 0.5) is 5.69 Å². The van der Waals surface area contributed by atoms with Crippen molar-refractivity contribution in [3.63, 3.8) is 0 Å². The highest BCUT2D eigenvalue weighted by Crippen LogP contribution is 2.04. The van der Waals surface area contributed by atoms with Gasteiger partial charge in [-0.3, -0.25) is 4.79 Å². The predicted octanol–water partition coefficient (Wildman–Crippen LogP) is 1.12. The summed E-state index contributed by atoms with van der Waals surface area (Å²) in [4.78, 5) is 11.7. The fraction of sp³-hybridized carbons (Fsp3) is 0.385. The van der Waals surface area contributed by atoms with Gasteiger partial charge in [-0.2, -0.15) is 0 Å². The number of nitrogens with one attached hydrogen (secondary N) is 3. The number of ether oxygens (including phenoxy) is 1. The molecule has 6 heteroatoms. The predicted molar refractivity (Wildman–Crippen MR) is 80.1 cm³/mol. The largest absolute Gasteiger partial charge is 0.383 e. The summed E-state index contributed by atoms with van der Waals surface area (Å²) in [7, 11) is 1.59. The summed E-state index contributed by atoms with van der Waals surface area (Å²) >= 11 is 5.14.